The van der Waals surface area contributed by atoms with Crippen molar-refractivity contribution >= 4 is 27.4 Å². The van der Waals surface area contributed by atoms with E-state index in [0.717, 1.165) is 18.4 Å². The first-order valence-corrected chi connectivity index (χ1v) is 9.81. The van der Waals surface area contributed by atoms with Crippen molar-refractivity contribution in [1.29, 1.82) is 0 Å². The molecule has 134 valence electrons. The number of hydrogen-bond acceptors (Lipinski definition) is 4. The zero-order chi connectivity index (χ0) is 18.0. The Morgan fingerprint density at radius 2 is 1.96 bits per heavy atom. The van der Waals surface area contributed by atoms with Gasteiger partial charge >= 0.3 is 0 Å². The number of rotatable bonds is 5. The van der Waals surface area contributed by atoms with Gasteiger partial charge in [-0.3, -0.25) is 0 Å². The Kier molecular flexibility index (Phi) is 5.27. The fraction of sp³-hybridized carbons (Fsp3) is 0.353. The molecule has 5 nitrogen and oxygen atoms in total. The summed E-state index contributed by atoms with van der Waals surface area (Å²) in [5, 5.41) is 0.0843. The Bertz CT molecular complexity index is 853. The van der Waals surface area contributed by atoms with E-state index in [1.165, 1.54) is 22.6 Å². The molecule has 1 saturated heterocycles. The van der Waals surface area contributed by atoms with Gasteiger partial charge in [-0.25, -0.2) is 17.8 Å². The third kappa shape index (κ3) is 3.94. The Balaban J connectivity index is 1.74. The molecule has 3 rings (SSSR count). The molecule has 0 atom stereocenters. The molecular weight excluding hydrogens is 365 g/mol. The van der Waals surface area contributed by atoms with Gasteiger partial charge in [-0.1, -0.05) is 17.7 Å². The fourth-order valence-electron chi connectivity index (χ4n) is 2.82. The van der Waals surface area contributed by atoms with E-state index in [1.54, 1.807) is 18.2 Å². The summed E-state index contributed by atoms with van der Waals surface area (Å²) in [7, 11) is -1.65. The molecular formula is C17H19ClFN3O2S. The van der Waals surface area contributed by atoms with E-state index in [1.807, 2.05) is 11.9 Å². The van der Waals surface area contributed by atoms with Crippen LogP contribution in [0.1, 0.15) is 18.4 Å². The van der Waals surface area contributed by atoms with Crippen LogP contribution in [0.3, 0.4) is 0 Å². The van der Waals surface area contributed by atoms with E-state index in [9.17, 15) is 12.8 Å². The van der Waals surface area contributed by atoms with Crippen molar-refractivity contribution in [1.82, 2.24) is 9.29 Å². The van der Waals surface area contributed by atoms with Crippen LogP contribution in [-0.2, 0) is 16.6 Å². The molecule has 0 saturated carbocycles. The van der Waals surface area contributed by atoms with Crippen LogP contribution >= 0.6 is 11.6 Å². The monoisotopic (exact) mass is 383 g/mol. The number of sulfonamides is 1. The number of nitrogens with zero attached hydrogens (tertiary/aromatic N) is 3. The number of anilines is 1. The van der Waals surface area contributed by atoms with Gasteiger partial charge in [-0.2, -0.15) is 4.31 Å². The number of halogens is 2. The van der Waals surface area contributed by atoms with Crippen LogP contribution in [0.25, 0.3) is 0 Å². The van der Waals surface area contributed by atoms with E-state index in [-0.39, 0.29) is 9.92 Å². The van der Waals surface area contributed by atoms with Crippen molar-refractivity contribution in [3.63, 3.8) is 0 Å². The van der Waals surface area contributed by atoms with Gasteiger partial charge < -0.3 is 4.90 Å². The molecule has 1 aromatic heterocycles. The minimum absolute atomic E-state index is 0.0843. The summed E-state index contributed by atoms with van der Waals surface area (Å²) in [6, 6.07) is 7.86. The SMILES string of the molecule is CN(Cc1ccc(Cl)c(F)c1)c1ccc(S(=O)(=O)N2CCCC2)cn1. The van der Waals surface area contributed by atoms with Gasteiger partial charge in [-0.15, -0.1) is 0 Å². The molecule has 0 amide bonds. The molecule has 2 heterocycles. The van der Waals surface area contributed by atoms with Crippen molar-refractivity contribution in [2.24, 2.45) is 0 Å². The van der Waals surface area contributed by atoms with E-state index in [0.29, 0.717) is 25.5 Å². The van der Waals surface area contributed by atoms with Crippen LogP contribution < -0.4 is 4.90 Å². The molecule has 0 aliphatic carbocycles. The summed E-state index contributed by atoms with van der Waals surface area (Å²) < 4.78 is 40.0. The standard InChI is InChI=1S/C17H19ClFN3O2S/c1-21(12-13-4-6-15(18)16(19)10-13)17-7-5-14(11-20-17)25(23,24)22-8-2-3-9-22/h4-7,10-11H,2-3,8-9,12H2,1H3. The normalized spacial score (nSPS) is 15.5. The average molecular weight is 384 g/mol. The fourth-order valence-corrected chi connectivity index (χ4v) is 4.40. The molecule has 0 radical (unpaired) electrons. The second kappa shape index (κ2) is 7.27. The summed E-state index contributed by atoms with van der Waals surface area (Å²) in [5.74, 6) is 0.142. The lowest BCUT2D eigenvalue weighted by atomic mass is 10.2. The maximum atomic E-state index is 13.5. The van der Waals surface area contributed by atoms with Crippen molar-refractivity contribution in [3.05, 3.63) is 52.9 Å². The van der Waals surface area contributed by atoms with Crippen molar-refractivity contribution in [2.45, 2.75) is 24.3 Å². The molecule has 1 aromatic carbocycles. The number of hydrogen-bond donors (Lipinski definition) is 0. The van der Waals surface area contributed by atoms with Gasteiger partial charge in [0.2, 0.25) is 10.0 Å². The molecule has 0 spiro atoms. The van der Waals surface area contributed by atoms with Crippen LogP contribution in [0.15, 0.2) is 41.4 Å². The lowest BCUT2D eigenvalue weighted by Gasteiger charge is -2.19. The Labute approximate surface area is 152 Å². The van der Waals surface area contributed by atoms with Gasteiger partial charge in [0.25, 0.3) is 0 Å². The molecule has 0 bridgehead atoms. The molecule has 25 heavy (non-hydrogen) atoms. The molecule has 1 aliphatic rings. The molecule has 0 N–H and O–H groups in total. The highest BCUT2D eigenvalue weighted by Crippen LogP contribution is 2.22. The Morgan fingerprint density at radius 3 is 2.56 bits per heavy atom. The summed E-state index contributed by atoms with van der Waals surface area (Å²) >= 11 is 5.69. The summed E-state index contributed by atoms with van der Waals surface area (Å²) in [5.41, 5.74) is 0.750. The molecule has 0 unspecified atom stereocenters. The molecule has 8 heteroatoms. The summed E-state index contributed by atoms with van der Waals surface area (Å²) in [6.45, 7) is 1.55. The predicted octanol–water partition coefficient (Wildman–Crippen LogP) is 3.30. The van der Waals surface area contributed by atoms with Crippen molar-refractivity contribution in [3.8, 4) is 0 Å². The van der Waals surface area contributed by atoms with Gasteiger partial charge in [0, 0.05) is 32.9 Å². The van der Waals surface area contributed by atoms with E-state index in [2.05, 4.69) is 4.98 Å². The highest BCUT2D eigenvalue weighted by atomic mass is 35.5. The predicted molar refractivity (Wildman–Crippen MR) is 95.7 cm³/mol. The first-order chi connectivity index (χ1) is 11.9. The van der Waals surface area contributed by atoms with E-state index < -0.39 is 15.8 Å². The lowest BCUT2D eigenvalue weighted by molar-refractivity contribution is 0.477. The second-order valence-corrected chi connectivity index (χ2v) is 8.41. The van der Waals surface area contributed by atoms with Crippen molar-refractivity contribution in [2.75, 3.05) is 25.0 Å². The van der Waals surface area contributed by atoms with E-state index in [4.69, 9.17) is 11.6 Å². The summed E-state index contributed by atoms with van der Waals surface area (Å²) in [4.78, 5) is 6.27. The topological polar surface area (TPSA) is 53.5 Å². The zero-order valence-electron chi connectivity index (χ0n) is 13.8. The quantitative estimate of drug-likeness (QED) is 0.795. The van der Waals surface area contributed by atoms with Crippen molar-refractivity contribution < 1.29 is 12.8 Å². The zero-order valence-corrected chi connectivity index (χ0v) is 15.4. The van der Waals surface area contributed by atoms with Gasteiger partial charge in [-0.05, 0) is 42.7 Å². The minimum atomic E-state index is -3.46. The molecule has 2 aromatic rings. The highest BCUT2D eigenvalue weighted by Gasteiger charge is 2.27. The third-order valence-corrected chi connectivity index (χ3v) is 6.41. The van der Waals surface area contributed by atoms with Crippen LogP contribution in [0.2, 0.25) is 5.02 Å². The first kappa shape index (κ1) is 18.1. The first-order valence-electron chi connectivity index (χ1n) is 7.99. The second-order valence-electron chi connectivity index (χ2n) is 6.07. The maximum Gasteiger partial charge on any atom is 0.244 e. The Morgan fingerprint density at radius 1 is 1.24 bits per heavy atom. The van der Waals surface area contributed by atoms with Crippen LogP contribution in [-0.4, -0.2) is 37.8 Å². The number of pyridine rings is 1. The lowest BCUT2D eigenvalue weighted by Crippen LogP contribution is -2.28. The number of aromatic nitrogens is 1. The van der Waals surface area contributed by atoms with Gasteiger partial charge in [0.1, 0.15) is 16.5 Å². The highest BCUT2D eigenvalue weighted by molar-refractivity contribution is 7.89. The van der Waals surface area contributed by atoms with E-state index >= 15 is 0 Å². The third-order valence-electron chi connectivity index (χ3n) is 4.22. The minimum Gasteiger partial charge on any atom is -0.355 e. The molecule has 1 aliphatic heterocycles. The maximum absolute atomic E-state index is 13.5. The smallest absolute Gasteiger partial charge is 0.244 e. The van der Waals surface area contributed by atoms with Crippen LogP contribution in [0.4, 0.5) is 10.2 Å². The molecule has 1 fully saturated rings. The van der Waals surface area contributed by atoms with Gasteiger partial charge in [0.05, 0.1) is 5.02 Å². The Hall–Kier alpha value is -1.70. The van der Waals surface area contributed by atoms with Crippen LogP contribution in [0, 0.1) is 5.82 Å². The van der Waals surface area contributed by atoms with Gasteiger partial charge in [0.15, 0.2) is 0 Å². The largest absolute Gasteiger partial charge is 0.355 e. The average Bonchev–Trinajstić information content (AvgIpc) is 3.14. The number of benzene rings is 1. The van der Waals surface area contributed by atoms with Crippen LogP contribution in [0.5, 0.6) is 0 Å². The summed E-state index contributed by atoms with van der Waals surface area (Å²) in [6.07, 6.45) is 3.16.